The molecular weight excluding hydrogens is 657 g/mol. The van der Waals surface area contributed by atoms with Gasteiger partial charge in [0, 0.05) is 37.5 Å². The zero-order chi connectivity index (χ0) is 35.8. The smallest absolute Gasteiger partial charge is 0.407 e. The third-order valence-electron chi connectivity index (χ3n) is 10.0. The molecule has 3 aromatic rings. The predicted octanol–water partition coefficient (Wildman–Crippen LogP) is 5.83. The standard InChI is InChI=1S/C38H46N4O7S/c1-23-24(2)34(25(3)30-21-38(4,5)49-33(23)30)50(46,47)41-36(42-19-10-11-20-42)39-18-12-17-32(35(43)44)40-37(45)48-22-31-28-15-8-6-13-26(28)27-14-7-9-16-29(27)31/h6-9,13-16,31-32H,10-12,17-22H2,1-5H3,(H,39,41)(H,40,45)(H,43,44). The number of sulfonamides is 1. The quantitative estimate of drug-likeness (QED) is 0.136. The molecule has 1 unspecified atom stereocenters. The molecule has 6 rings (SSSR count). The van der Waals surface area contributed by atoms with Crippen molar-refractivity contribution in [2.24, 2.45) is 4.99 Å². The van der Waals surface area contributed by atoms with Gasteiger partial charge in [-0.3, -0.25) is 4.99 Å². The second kappa shape index (κ2) is 14.0. The van der Waals surface area contributed by atoms with Gasteiger partial charge in [0.25, 0.3) is 10.0 Å². The van der Waals surface area contributed by atoms with Gasteiger partial charge in [-0.1, -0.05) is 48.5 Å². The molecular formula is C38H46N4O7S. The molecule has 1 fully saturated rings. The topological polar surface area (TPSA) is 147 Å². The molecule has 1 amide bonds. The first-order valence-corrected chi connectivity index (χ1v) is 18.7. The van der Waals surface area contributed by atoms with Crippen molar-refractivity contribution in [1.29, 1.82) is 0 Å². The maximum absolute atomic E-state index is 14.0. The van der Waals surface area contributed by atoms with Gasteiger partial charge < -0.3 is 24.8 Å². The number of hydrogen-bond donors (Lipinski definition) is 3. The first-order chi connectivity index (χ1) is 23.8. The maximum Gasteiger partial charge on any atom is 0.407 e. The molecule has 0 aromatic heterocycles. The number of rotatable bonds is 10. The van der Waals surface area contributed by atoms with Crippen LogP contribution in [0.4, 0.5) is 4.79 Å². The number of nitrogens with zero attached hydrogens (tertiary/aromatic N) is 2. The molecule has 0 bridgehead atoms. The monoisotopic (exact) mass is 702 g/mol. The van der Waals surface area contributed by atoms with Crippen LogP contribution in [-0.2, 0) is 26.0 Å². The molecule has 2 aliphatic heterocycles. The summed E-state index contributed by atoms with van der Waals surface area (Å²) in [5.74, 6) is -0.329. The number of carbonyl (C=O) groups excluding carboxylic acids is 1. The van der Waals surface area contributed by atoms with E-state index >= 15 is 0 Å². The van der Waals surface area contributed by atoms with Gasteiger partial charge in [0.2, 0.25) is 5.96 Å². The number of amides is 1. The van der Waals surface area contributed by atoms with Crippen LogP contribution in [0.2, 0.25) is 0 Å². The summed E-state index contributed by atoms with van der Waals surface area (Å²) in [6.07, 6.45) is 2.00. The average Bonchev–Trinajstić information content (AvgIpc) is 3.80. The van der Waals surface area contributed by atoms with Crippen LogP contribution in [0.5, 0.6) is 5.75 Å². The number of aliphatic imine (C=N–C) groups is 1. The molecule has 3 aliphatic rings. The first kappa shape index (κ1) is 35.3. The Morgan fingerprint density at radius 2 is 1.62 bits per heavy atom. The molecule has 0 radical (unpaired) electrons. The highest BCUT2D eigenvalue weighted by Crippen LogP contribution is 2.45. The summed E-state index contributed by atoms with van der Waals surface area (Å²) in [5, 5.41) is 12.4. The number of guanidine groups is 1. The van der Waals surface area contributed by atoms with E-state index in [2.05, 4.69) is 15.0 Å². The molecule has 11 nitrogen and oxygen atoms in total. The van der Waals surface area contributed by atoms with Crippen LogP contribution in [0.15, 0.2) is 58.4 Å². The number of hydrogen-bond acceptors (Lipinski definition) is 7. The fourth-order valence-corrected chi connectivity index (χ4v) is 9.08. The van der Waals surface area contributed by atoms with Gasteiger partial charge in [-0.05, 0) is 99.2 Å². The van der Waals surface area contributed by atoms with Gasteiger partial charge in [-0.2, -0.15) is 0 Å². The molecule has 1 atom stereocenters. The average molecular weight is 703 g/mol. The van der Waals surface area contributed by atoms with Crippen molar-refractivity contribution < 1.29 is 32.6 Å². The van der Waals surface area contributed by atoms with E-state index in [0.29, 0.717) is 37.1 Å². The van der Waals surface area contributed by atoms with E-state index in [1.807, 2.05) is 81.1 Å². The number of nitrogens with one attached hydrogen (secondary N) is 2. The zero-order valence-electron chi connectivity index (χ0n) is 29.3. The Balaban J connectivity index is 1.10. The Morgan fingerprint density at radius 1 is 1.00 bits per heavy atom. The largest absolute Gasteiger partial charge is 0.487 e. The Morgan fingerprint density at radius 3 is 2.24 bits per heavy atom. The maximum atomic E-state index is 14.0. The summed E-state index contributed by atoms with van der Waals surface area (Å²) in [4.78, 5) is 31.7. The van der Waals surface area contributed by atoms with Gasteiger partial charge in [0.05, 0.1) is 4.90 Å². The molecule has 2 heterocycles. The third kappa shape index (κ3) is 7.03. The van der Waals surface area contributed by atoms with E-state index in [-0.39, 0.29) is 36.3 Å². The number of fused-ring (bicyclic) bond motifs is 4. The lowest BCUT2D eigenvalue weighted by Gasteiger charge is -2.23. The normalized spacial score (nSPS) is 17.1. The third-order valence-corrected chi connectivity index (χ3v) is 11.6. The lowest BCUT2D eigenvalue weighted by Crippen LogP contribution is -2.43. The Hall–Kier alpha value is -4.58. The van der Waals surface area contributed by atoms with Crippen LogP contribution in [0.1, 0.15) is 78.8 Å². The fraction of sp³-hybridized carbons (Fsp3) is 0.447. The second-order valence-corrected chi connectivity index (χ2v) is 15.7. The van der Waals surface area contributed by atoms with Crippen LogP contribution < -0.4 is 14.8 Å². The summed E-state index contributed by atoms with van der Waals surface area (Å²) in [5.41, 5.74) is 6.92. The number of likely N-dealkylation sites (tertiary alicyclic amines) is 1. The van der Waals surface area contributed by atoms with E-state index in [0.717, 1.165) is 52.0 Å². The van der Waals surface area contributed by atoms with Crippen molar-refractivity contribution in [3.8, 4) is 16.9 Å². The molecule has 0 spiro atoms. The predicted molar refractivity (Wildman–Crippen MR) is 191 cm³/mol. The second-order valence-electron chi connectivity index (χ2n) is 14.1. The molecule has 3 N–H and O–H groups in total. The summed E-state index contributed by atoms with van der Waals surface area (Å²) in [7, 11) is -4.02. The molecule has 3 aromatic carbocycles. The van der Waals surface area contributed by atoms with Gasteiger partial charge in [-0.15, -0.1) is 0 Å². The van der Waals surface area contributed by atoms with Crippen molar-refractivity contribution >= 4 is 28.0 Å². The van der Waals surface area contributed by atoms with E-state index in [1.165, 1.54) is 0 Å². The molecule has 1 saturated heterocycles. The van der Waals surface area contributed by atoms with Crippen molar-refractivity contribution in [3.05, 3.63) is 81.9 Å². The lowest BCUT2D eigenvalue weighted by molar-refractivity contribution is -0.139. The van der Waals surface area contributed by atoms with Crippen LogP contribution in [0.3, 0.4) is 0 Å². The molecule has 266 valence electrons. The van der Waals surface area contributed by atoms with Crippen LogP contribution in [0.25, 0.3) is 11.1 Å². The minimum absolute atomic E-state index is 0.0727. The van der Waals surface area contributed by atoms with E-state index in [4.69, 9.17) is 9.47 Å². The van der Waals surface area contributed by atoms with Gasteiger partial charge in [0.1, 0.15) is 24.0 Å². The molecule has 12 heteroatoms. The minimum Gasteiger partial charge on any atom is -0.487 e. The van der Waals surface area contributed by atoms with Crippen molar-refractivity contribution in [2.45, 2.75) is 89.2 Å². The van der Waals surface area contributed by atoms with Crippen molar-refractivity contribution in [2.75, 3.05) is 26.2 Å². The number of carboxylic acids is 1. The number of aliphatic carboxylic acids is 1. The Kier molecular flexibility index (Phi) is 9.85. The highest BCUT2D eigenvalue weighted by atomic mass is 32.2. The van der Waals surface area contributed by atoms with Crippen LogP contribution in [-0.4, -0.2) is 74.3 Å². The highest BCUT2D eigenvalue weighted by molar-refractivity contribution is 7.90. The summed E-state index contributed by atoms with van der Waals surface area (Å²) >= 11 is 0. The fourth-order valence-electron chi connectivity index (χ4n) is 7.46. The molecule has 1 aliphatic carbocycles. The van der Waals surface area contributed by atoms with Crippen LogP contribution in [0, 0.1) is 20.8 Å². The first-order valence-electron chi connectivity index (χ1n) is 17.3. The number of alkyl carbamates (subject to hydrolysis) is 1. The highest BCUT2D eigenvalue weighted by Gasteiger charge is 2.37. The summed E-state index contributed by atoms with van der Waals surface area (Å²) in [6.45, 7) is 11.1. The Labute approximate surface area is 294 Å². The summed E-state index contributed by atoms with van der Waals surface area (Å²) in [6, 6.07) is 14.8. The molecule has 50 heavy (non-hydrogen) atoms. The van der Waals surface area contributed by atoms with E-state index in [1.54, 1.807) is 6.92 Å². The van der Waals surface area contributed by atoms with E-state index in [9.17, 15) is 23.1 Å². The van der Waals surface area contributed by atoms with Crippen LogP contribution >= 0.6 is 0 Å². The number of ether oxygens (including phenoxy) is 2. The van der Waals surface area contributed by atoms with Crippen molar-refractivity contribution in [1.82, 2.24) is 14.9 Å². The lowest BCUT2D eigenvalue weighted by atomic mass is 9.94. The minimum atomic E-state index is -4.02. The SMILES string of the molecule is Cc1c(C)c(S(=O)(=O)NC(=NCCCC(NC(=O)OCC2c3ccccc3-c3ccccc32)C(=O)O)N2CCCC2)c(C)c2c1OC(C)(C)C2. The van der Waals surface area contributed by atoms with Gasteiger partial charge in [0.15, 0.2) is 0 Å². The zero-order valence-corrected chi connectivity index (χ0v) is 30.2. The van der Waals surface area contributed by atoms with E-state index < -0.39 is 33.7 Å². The number of carboxylic acid groups (broad SMARTS) is 1. The number of carbonyl (C=O) groups is 2. The molecule has 0 saturated carbocycles. The summed E-state index contributed by atoms with van der Waals surface area (Å²) < 4.78 is 42.5. The Bertz CT molecular complexity index is 1900. The number of benzene rings is 3. The van der Waals surface area contributed by atoms with Gasteiger partial charge >= 0.3 is 12.1 Å². The van der Waals surface area contributed by atoms with Gasteiger partial charge in [-0.25, -0.2) is 22.7 Å². The van der Waals surface area contributed by atoms with Crippen molar-refractivity contribution in [3.63, 3.8) is 0 Å².